The smallest absolute Gasteiger partial charge is 0.404 e. The summed E-state index contributed by atoms with van der Waals surface area (Å²) in [6.45, 7) is 0.450. The second-order valence-corrected chi connectivity index (χ2v) is 6.03. The van der Waals surface area contributed by atoms with Crippen LogP contribution in [0, 0.1) is 0 Å². The Morgan fingerprint density at radius 3 is 2.82 bits per heavy atom. The molecule has 0 spiro atoms. The highest BCUT2D eigenvalue weighted by Crippen LogP contribution is 2.24. The van der Waals surface area contributed by atoms with E-state index in [-0.39, 0.29) is 18.7 Å². The maximum Gasteiger partial charge on any atom is 0.404 e. The number of ether oxygens (including phenoxy) is 1. The summed E-state index contributed by atoms with van der Waals surface area (Å²) in [5, 5.41) is 13.8. The van der Waals surface area contributed by atoms with Crippen LogP contribution in [-0.4, -0.2) is 35.9 Å². The zero-order chi connectivity index (χ0) is 19.8. The van der Waals surface area contributed by atoms with Crippen molar-refractivity contribution in [3.63, 3.8) is 0 Å². The summed E-state index contributed by atoms with van der Waals surface area (Å²) in [5.74, 6) is 0.467. The van der Waals surface area contributed by atoms with Crippen LogP contribution in [0.5, 0.6) is 5.75 Å². The summed E-state index contributed by atoms with van der Waals surface area (Å²) in [7, 11) is 0. The summed E-state index contributed by atoms with van der Waals surface area (Å²) < 4.78 is 24.0. The molecule has 8 heteroatoms. The van der Waals surface area contributed by atoms with Gasteiger partial charge in [0.2, 0.25) is 0 Å². The molecule has 1 aromatic heterocycles. The average molecular weight is 385 g/mol. The molecule has 0 fully saturated rings. The first kappa shape index (κ1) is 19.2. The van der Waals surface area contributed by atoms with E-state index in [0.29, 0.717) is 35.7 Å². The molecule has 0 radical (unpaired) electrons. The van der Waals surface area contributed by atoms with E-state index in [1.54, 1.807) is 18.2 Å². The summed E-state index contributed by atoms with van der Waals surface area (Å²) in [4.78, 5) is 14.8. The second-order valence-electron chi connectivity index (χ2n) is 6.03. The molecule has 0 aliphatic heterocycles. The van der Waals surface area contributed by atoms with Gasteiger partial charge < -0.3 is 24.9 Å². The van der Waals surface area contributed by atoms with E-state index < -0.39 is 6.09 Å². The minimum absolute atomic E-state index is 0.0847. The Morgan fingerprint density at radius 2 is 2.07 bits per heavy atom. The number of aromatic nitrogens is 1. The van der Waals surface area contributed by atoms with Crippen molar-refractivity contribution < 1.29 is 23.4 Å². The number of anilines is 1. The number of nitrogens with one attached hydrogen (secondary N) is 2. The minimum Gasteiger partial charge on any atom is -0.489 e. The number of amides is 1. The zero-order valence-corrected chi connectivity index (χ0v) is 15.0. The van der Waals surface area contributed by atoms with Gasteiger partial charge in [-0.3, -0.25) is 0 Å². The topological polar surface area (TPSA) is 96.6 Å². The molecule has 146 valence electrons. The number of rotatable bonds is 9. The van der Waals surface area contributed by atoms with Gasteiger partial charge in [-0.1, -0.05) is 30.3 Å². The first-order chi connectivity index (χ1) is 13.6. The molecule has 0 saturated carbocycles. The largest absolute Gasteiger partial charge is 0.489 e. The third-order valence-electron chi connectivity index (χ3n) is 3.94. The lowest BCUT2D eigenvalue weighted by Crippen LogP contribution is -2.25. The Bertz CT molecular complexity index is 956. The van der Waals surface area contributed by atoms with Gasteiger partial charge in [0, 0.05) is 24.7 Å². The lowest BCUT2D eigenvalue weighted by molar-refractivity contribution is 0.195. The molecule has 1 amide bonds. The van der Waals surface area contributed by atoms with Crippen LogP contribution in [0.4, 0.5) is 15.2 Å². The van der Waals surface area contributed by atoms with E-state index in [1.165, 1.54) is 5.56 Å². The van der Waals surface area contributed by atoms with E-state index in [0.717, 1.165) is 6.42 Å². The van der Waals surface area contributed by atoms with Gasteiger partial charge in [-0.15, -0.1) is 0 Å². The minimum atomic E-state index is -1.23. The highest BCUT2D eigenvalue weighted by molar-refractivity contribution is 5.76. The summed E-state index contributed by atoms with van der Waals surface area (Å²) >= 11 is 0. The molecule has 0 saturated heterocycles. The molecule has 2 aromatic carbocycles. The normalized spacial score (nSPS) is 11.4. The molecule has 3 aromatic rings. The summed E-state index contributed by atoms with van der Waals surface area (Å²) in [6.07, 6.45) is -0.0522. The van der Waals surface area contributed by atoms with Crippen LogP contribution in [0.2, 0.25) is 0 Å². The molecule has 0 bridgehead atoms. The van der Waals surface area contributed by atoms with Crippen molar-refractivity contribution in [2.45, 2.75) is 6.42 Å². The van der Waals surface area contributed by atoms with E-state index >= 15 is 0 Å². The van der Waals surface area contributed by atoms with Crippen LogP contribution in [0.25, 0.3) is 11.1 Å². The van der Waals surface area contributed by atoms with Crippen molar-refractivity contribution in [3.8, 4) is 5.75 Å². The van der Waals surface area contributed by atoms with Crippen molar-refractivity contribution in [2.75, 3.05) is 25.0 Å². The maximum atomic E-state index is 12.8. The Hall–Kier alpha value is -3.55. The van der Waals surface area contributed by atoms with E-state index in [4.69, 9.17) is 14.3 Å². The van der Waals surface area contributed by atoms with Gasteiger partial charge in [-0.25, -0.2) is 9.18 Å². The summed E-state index contributed by atoms with van der Waals surface area (Å²) in [6, 6.07) is 15.6. The fourth-order valence-electron chi connectivity index (χ4n) is 2.52. The van der Waals surface area contributed by atoms with Gasteiger partial charge in [-0.05, 0) is 24.1 Å². The molecule has 0 aliphatic rings. The number of carboxylic acid groups (broad SMARTS) is 1. The summed E-state index contributed by atoms with van der Waals surface area (Å²) in [5.41, 5.74) is 2.59. The molecule has 0 unspecified atom stereocenters. The number of oxazole rings is 1. The van der Waals surface area contributed by atoms with Crippen molar-refractivity contribution >= 4 is 23.2 Å². The molecular formula is C20H20FN3O4. The van der Waals surface area contributed by atoms with E-state index in [1.807, 2.05) is 18.2 Å². The van der Waals surface area contributed by atoms with Gasteiger partial charge in [0.25, 0.3) is 6.01 Å². The van der Waals surface area contributed by atoms with Crippen molar-refractivity contribution in [3.05, 3.63) is 66.0 Å². The van der Waals surface area contributed by atoms with Crippen LogP contribution in [0.15, 0.2) is 64.9 Å². The predicted octanol–water partition coefficient (Wildman–Crippen LogP) is 3.98. The Morgan fingerprint density at radius 1 is 1.25 bits per heavy atom. The van der Waals surface area contributed by atoms with Crippen molar-refractivity contribution in [2.24, 2.45) is 0 Å². The molecule has 0 aliphatic carbocycles. The third-order valence-corrected chi connectivity index (χ3v) is 3.94. The van der Waals surface area contributed by atoms with E-state index in [9.17, 15) is 9.18 Å². The molecule has 1 heterocycles. The van der Waals surface area contributed by atoms with Crippen LogP contribution >= 0.6 is 0 Å². The SMILES string of the molecule is O=C(O)NCC(=CF)COc1ccc2nc(NCCc3ccccc3)oc2c1. The van der Waals surface area contributed by atoms with Gasteiger partial charge in [0.15, 0.2) is 5.58 Å². The average Bonchev–Trinajstić information content (AvgIpc) is 3.10. The molecular weight excluding hydrogens is 365 g/mol. The quantitative estimate of drug-likeness (QED) is 0.516. The molecule has 28 heavy (non-hydrogen) atoms. The number of halogens is 1. The predicted molar refractivity (Wildman–Crippen MR) is 103 cm³/mol. The third kappa shape index (κ3) is 5.47. The van der Waals surface area contributed by atoms with E-state index in [2.05, 4.69) is 27.8 Å². The van der Waals surface area contributed by atoms with Gasteiger partial charge >= 0.3 is 6.09 Å². The first-order valence-corrected chi connectivity index (χ1v) is 8.70. The van der Waals surface area contributed by atoms with Gasteiger partial charge in [0.1, 0.15) is 17.9 Å². The van der Waals surface area contributed by atoms with Crippen LogP contribution in [-0.2, 0) is 6.42 Å². The number of nitrogens with zero attached hydrogens (tertiary/aromatic N) is 1. The Balaban J connectivity index is 1.55. The molecule has 3 N–H and O–H groups in total. The lowest BCUT2D eigenvalue weighted by atomic mass is 10.1. The van der Waals surface area contributed by atoms with Crippen LogP contribution in [0.1, 0.15) is 5.56 Å². The lowest BCUT2D eigenvalue weighted by Gasteiger charge is -2.08. The monoisotopic (exact) mass is 385 g/mol. The van der Waals surface area contributed by atoms with Gasteiger partial charge in [0.05, 0.1) is 6.33 Å². The molecule has 0 atom stereocenters. The molecule has 3 rings (SSSR count). The highest BCUT2D eigenvalue weighted by atomic mass is 19.1. The Kier molecular flexibility index (Phi) is 6.46. The van der Waals surface area contributed by atoms with Crippen molar-refractivity contribution in [1.82, 2.24) is 10.3 Å². The standard InChI is InChI=1S/C20H20FN3O4/c21-11-15(12-23-20(25)26)13-27-16-6-7-17-18(10-16)28-19(24-17)22-9-8-14-4-2-1-3-5-14/h1-7,10-11,23H,8-9,12-13H2,(H,22,24)(H,25,26). The number of carbonyl (C=O) groups is 1. The van der Waals surface area contributed by atoms with Crippen LogP contribution in [0.3, 0.4) is 0 Å². The maximum absolute atomic E-state index is 12.8. The fraction of sp³-hybridized carbons (Fsp3) is 0.200. The Labute approximate surface area is 160 Å². The zero-order valence-electron chi connectivity index (χ0n) is 15.0. The highest BCUT2D eigenvalue weighted by Gasteiger charge is 2.08. The molecule has 7 nitrogen and oxygen atoms in total. The number of fused-ring (bicyclic) bond motifs is 1. The number of hydrogen-bond acceptors (Lipinski definition) is 5. The van der Waals surface area contributed by atoms with Gasteiger partial charge in [-0.2, -0.15) is 4.98 Å². The second kappa shape index (κ2) is 9.40. The first-order valence-electron chi connectivity index (χ1n) is 8.70. The van der Waals surface area contributed by atoms with Crippen LogP contribution < -0.4 is 15.4 Å². The fourth-order valence-corrected chi connectivity index (χ4v) is 2.52. The number of benzene rings is 2. The van der Waals surface area contributed by atoms with Crippen molar-refractivity contribution in [1.29, 1.82) is 0 Å². The number of hydrogen-bond donors (Lipinski definition) is 3.